The van der Waals surface area contributed by atoms with Gasteiger partial charge >= 0.3 is 9.05 Å². The van der Waals surface area contributed by atoms with Crippen molar-refractivity contribution in [2.24, 2.45) is 0 Å². The molecule has 0 amide bonds. The van der Waals surface area contributed by atoms with Crippen LogP contribution in [0.25, 0.3) is 0 Å². The van der Waals surface area contributed by atoms with Gasteiger partial charge in [-0.2, -0.15) is 0 Å². The summed E-state index contributed by atoms with van der Waals surface area (Å²) in [5.41, 5.74) is 0. The van der Waals surface area contributed by atoms with Crippen molar-refractivity contribution >= 4 is 9.05 Å². The standard InChI is InChI=1S/H4O4Si.H/c1-5(2,3)4;/h1-4H;. The maximum Gasteiger partial charge on any atom is 0.668 e. The van der Waals surface area contributed by atoms with E-state index in [9.17, 15) is 0 Å². The van der Waals surface area contributed by atoms with E-state index in [0.717, 1.165) is 0 Å². The highest BCUT2D eigenvalue weighted by Crippen LogP contribution is 1.67. The van der Waals surface area contributed by atoms with E-state index in [1.807, 2.05) is 0 Å². The molecule has 5 heavy (non-hydrogen) atoms. The van der Waals surface area contributed by atoms with Gasteiger partial charge in [0.05, 0.1) is 0 Å². The first-order valence-electron chi connectivity index (χ1n) is 0.894. The molecule has 33 valence electrons. The van der Waals surface area contributed by atoms with Gasteiger partial charge in [0.15, 0.2) is 0 Å². The zero-order valence-electron chi connectivity index (χ0n) is 3.29. The van der Waals surface area contributed by atoms with E-state index in [1.54, 1.807) is 0 Å². The van der Waals surface area contributed by atoms with Gasteiger partial charge in [-0.25, -0.2) is 0 Å². The molecular formula is H5O4Si. The SMILES string of the molecule is O[Si](O)(O)O.[H]. The molecular weight excluding hydrogens is 92.1 g/mol. The van der Waals surface area contributed by atoms with Crippen LogP contribution in [0.2, 0.25) is 0 Å². The number of hydrogen-bond acceptors (Lipinski definition) is 4. The third-order valence-corrected chi connectivity index (χ3v) is 0. The number of hydrogen-bond donors (Lipinski definition) is 4. The fourth-order valence-corrected chi connectivity index (χ4v) is 0. The molecule has 5 heteroatoms. The van der Waals surface area contributed by atoms with Crippen molar-refractivity contribution in [2.45, 2.75) is 0 Å². The molecule has 0 bridgehead atoms. The molecule has 0 rings (SSSR count). The summed E-state index contributed by atoms with van der Waals surface area (Å²) in [5, 5.41) is 0. The summed E-state index contributed by atoms with van der Waals surface area (Å²) >= 11 is 0. The van der Waals surface area contributed by atoms with Crippen LogP contribution in [-0.2, 0) is 0 Å². The maximum absolute atomic E-state index is 7.33. The normalized spacial score (nSPS) is 12.0. The van der Waals surface area contributed by atoms with Crippen LogP contribution in [0.4, 0.5) is 0 Å². The molecule has 0 aromatic carbocycles. The molecule has 4 N–H and O–H groups in total. The molecule has 0 aliphatic rings. The van der Waals surface area contributed by atoms with Crippen LogP contribution < -0.4 is 0 Å². The Bertz CT molecular complexity index is 23.0. The van der Waals surface area contributed by atoms with Crippen molar-refractivity contribution in [3.8, 4) is 0 Å². The summed E-state index contributed by atoms with van der Waals surface area (Å²) in [6, 6.07) is 0. The largest absolute Gasteiger partial charge is 0.668 e. The van der Waals surface area contributed by atoms with Gasteiger partial charge in [0.25, 0.3) is 0 Å². The Morgan fingerprint density at radius 2 is 1.00 bits per heavy atom. The van der Waals surface area contributed by atoms with E-state index >= 15 is 0 Å². The third-order valence-electron chi connectivity index (χ3n) is 0. The quantitative estimate of drug-likeness (QED) is 0.252. The summed E-state index contributed by atoms with van der Waals surface area (Å²) in [5.74, 6) is 0. The highest BCUT2D eigenvalue weighted by atomic mass is 28.4. The van der Waals surface area contributed by atoms with Gasteiger partial charge in [-0.05, 0) is 0 Å². The zero-order valence-corrected chi connectivity index (χ0v) is 3.29. The second kappa shape index (κ2) is 1.03. The summed E-state index contributed by atoms with van der Waals surface area (Å²) in [6.45, 7) is 0. The lowest BCUT2D eigenvalue weighted by atomic mass is 15.7. The lowest BCUT2D eigenvalue weighted by Gasteiger charge is -1.91. The molecule has 0 saturated carbocycles. The molecule has 0 atom stereocenters. The van der Waals surface area contributed by atoms with E-state index in [1.165, 1.54) is 0 Å². The minimum Gasteiger partial charge on any atom is -0.368 e. The maximum atomic E-state index is 7.33. The van der Waals surface area contributed by atoms with Gasteiger partial charge in [0.2, 0.25) is 0 Å². The number of rotatable bonds is 0. The highest BCUT2D eigenvalue weighted by Gasteiger charge is 2.22. The predicted octanol–water partition coefficient (Wildman–Crippen LogP) is -2.50. The van der Waals surface area contributed by atoms with E-state index in [4.69, 9.17) is 19.2 Å². The predicted molar refractivity (Wildman–Crippen MR) is 15.7 cm³/mol. The Labute approximate surface area is 30.9 Å². The summed E-state index contributed by atoms with van der Waals surface area (Å²) in [7, 11) is -4.61. The van der Waals surface area contributed by atoms with Gasteiger partial charge < -0.3 is 19.2 Å². The minimum atomic E-state index is -4.61. The fourth-order valence-electron chi connectivity index (χ4n) is 0. The van der Waals surface area contributed by atoms with Crippen LogP contribution in [0.5, 0.6) is 0 Å². The molecule has 0 unspecified atom stereocenters. The van der Waals surface area contributed by atoms with Gasteiger partial charge in [0.1, 0.15) is 0 Å². The van der Waals surface area contributed by atoms with Crippen LogP contribution in [0.3, 0.4) is 0 Å². The Morgan fingerprint density at radius 1 is 1.00 bits per heavy atom. The average Bonchev–Trinajstić information content (AvgIpc) is 0.722. The third kappa shape index (κ3) is 5300. The zero-order chi connectivity index (χ0) is 4.50. The smallest absolute Gasteiger partial charge is 0.368 e. The van der Waals surface area contributed by atoms with Crippen LogP contribution in [0.1, 0.15) is 1.43 Å². The van der Waals surface area contributed by atoms with E-state index in [2.05, 4.69) is 0 Å². The Kier molecular flexibility index (Phi) is 1.05. The molecule has 0 saturated heterocycles. The Balaban J connectivity index is 0. The molecule has 0 aliphatic heterocycles. The average molecular weight is 97.1 g/mol. The summed E-state index contributed by atoms with van der Waals surface area (Å²) < 4.78 is 0. The van der Waals surface area contributed by atoms with Gasteiger partial charge in [-0.1, -0.05) is 0 Å². The van der Waals surface area contributed by atoms with Crippen LogP contribution >= 0.6 is 0 Å². The highest BCUT2D eigenvalue weighted by molar-refractivity contribution is 6.46. The van der Waals surface area contributed by atoms with E-state index in [0.29, 0.717) is 0 Å². The topological polar surface area (TPSA) is 80.9 Å². The lowest BCUT2D eigenvalue weighted by Crippen LogP contribution is -2.33. The van der Waals surface area contributed by atoms with Crippen molar-refractivity contribution < 1.29 is 20.6 Å². The second-order valence-corrected chi connectivity index (χ2v) is 1.80. The van der Waals surface area contributed by atoms with Crippen molar-refractivity contribution in [2.75, 3.05) is 0 Å². The van der Waals surface area contributed by atoms with Crippen LogP contribution in [-0.4, -0.2) is 28.2 Å². The molecule has 0 fully saturated rings. The first kappa shape index (κ1) is 5.06. The molecule has 1 radical (unpaired) electrons. The molecule has 4 nitrogen and oxygen atoms in total. The van der Waals surface area contributed by atoms with Crippen LogP contribution in [0.15, 0.2) is 0 Å². The Hall–Kier alpha value is 0.0569. The molecule has 0 aliphatic carbocycles. The van der Waals surface area contributed by atoms with Gasteiger partial charge in [0, 0.05) is 1.43 Å². The van der Waals surface area contributed by atoms with Gasteiger partial charge in [-0.3, -0.25) is 0 Å². The first-order valence-corrected chi connectivity index (χ1v) is 2.68. The van der Waals surface area contributed by atoms with Gasteiger partial charge in [-0.15, -0.1) is 0 Å². The minimum absolute atomic E-state index is 0. The van der Waals surface area contributed by atoms with Crippen LogP contribution in [0, 0.1) is 0 Å². The van der Waals surface area contributed by atoms with Crippen molar-refractivity contribution in [1.82, 2.24) is 0 Å². The molecule has 0 aromatic rings. The molecule has 0 spiro atoms. The molecule has 0 aromatic heterocycles. The van der Waals surface area contributed by atoms with Crippen molar-refractivity contribution in [3.05, 3.63) is 0 Å². The van der Waals surface area contributed by atoms with Crippen molar-refractivity contribution in [3.63, 3.8) is 0 Å². The van der Waals surface area contributed by atoms with Crippen molar-refractivity contribution in [1.29, 1.82) is 0 Å². The Morgan fingerprint density at radius 3 is 1.00 bits per heavy atom. The van der Waals surface area contributed by atoms with E-state index in [-0.39, 0.29) is 1.43 Å². The fraction of sp³-hybridized carbons (Fsp3) is 0. The molecule has 0 heterocycles. The summed E-state index contributed by atoms with van der Waals surface area (Å²) in [4.78, 5) is 29.3. The van der Waals surface area contributed by atoms with E-state index < -0.39 is 9.05 Å². The first-order chi connectivity index (χ1) is 2.00. The second-order valence-electron chi connectivity index (χ2n) is 0.600. The monoisotopic (exact) mass is 97.0 g/mol. The summed E-state index contributed by atoms with van der Waals surface area (Å²) in [6.07, 6.45) is 0. The lowest BCUT2D eigenvalue weighted by molar-refractivity contribution is 0.117.